The Morgan fingerprint density at radius 1 is 1.41 bits per heavy atom. The fourth-order valence-corrected chi connectivity index (χ4v) is 2.06. The van der Waals surface area contributed by atoms with Gasteiger partial charge in [-0.1, -0.05) is 6.07 Å². The highest BCUT2D eigenvalue weighted by atomic mass is 35.5. The molecular formula is C12H19ClN2O2. The molecule has 1 saturated heterocycles. The van der Waals surface area contributed by atoms with E-state index in [4.69, 9.17) is 15.2 Å². The van der Waals surface area contributed by atoms with E-state index < -0.39 is 0 Å². The molecule has 1 aromatic heterocycles. The maximum atomic E-state index is 6.22. The van der Waals surface area contributed by atoms with Crippen molar-refractivity contribution in [3.63, 3.8) is 0 Å². The van der Waals surface area contributed by atoms with Crippen LogP contribution in [0.5, 0.6) is 5.88 Å². The molecule has 1 fully saturated rings. The second-order valence-corrected chi connectivity index (χ2v) is 4.11. The predicted molar refractivity (Wildman–Crippen MR) is 68.5 cm³/mol. The lowest BCUT2D eigenvalue weighted by atomic mass is 9.88. The van der Waals surface area contributed by atoms with E-state index in [2.05, 4.69) is 4.98 Å². The topological polar surface area (TPSA) is 57.4 Å². The summed E-state index contributed by atoms with van der Waals surface area (Å²) in [5, 5.41) is 0. The van der Waals surface area contributed by atoms with Crippen LogP contribution in [0.2, 0.25) is 0 Å². The van der Waals surface area contributed by atoms with Gasteiger partial charge in [-0.3, -0.25) is 0 Å². The van der Waals surface area contributed by atoms with Crippen LogP contribution in [0.1, 0.15) is 24.4 Å². The highest BCUT2D eigenvalue weighted by molar-refractivity contribution is 5.85. The summed E-state index contributed by atoms with van der Waals surface area (Å²) in [6.07, 6.45) is 3.87. The summed E-state index contributed by atoms with van der Waals surface area (Å²) >= 11 is 0. The van der Waals surface area contributed by atoms with Gasteiger partial charge >= 0.3 is 0 Å². The first-order valence-electron chi connectivity index (χ1n) is 5.64. The number of rotatable bonds is 3. The van der Waals surface area contributed by atoms with Crippen LogP contribution in [-0.4, -0.2) is 25.3 Å². The lowest BCUT2D eigenvalue weighted by Gasteiger charge is -2.27. The Bertz CT molecular complexity index is 326. The van der Waals surface area contributed by atoms with E-state index in [1.165, 1.54) is 0 Å². The Labute approximate surface area is 108 Å². The van der Waals surface area contributed by atoms with E-state index in [-0.39, 0.29) is 18.4 Å². The molecular weight excluding hydrogens is 240 g/mol. The fraction of sp³-hybridized carbons (Fsp3) is 0.583. The second kappa shape index (κ2) is 6.79. The average Bonchev–Trinajstić information content (AvgIpc) is 2.39. The summed E-state index contributed by atoms with van der Waals surface area (Å²) in [4.78, 5) is 4.18. The molecule has 0 bridgehead atoms. The van der Waals surface area contributed by atoms with Crippen LogP contribution in [-0.2, 0) is 4.74 Å². The smallest absolute Gasteiger partial charge is 0.212 e. The summed E-state index contributed by atoms with van der Waals surface area (Å²) in [5.74, 6) is 1.13. The molecule has 2 heterocycles. The fourth-order valence-electron chi connectivity index (χ4n) is 2.06. The van der Waals surface area contributed by atoms with Crippen LogP contribution in [0.4, 0.5) is 0 Å². The van der Waals surface area contributed by atoms with E-state index in [0.29, 0.717) is 11.8 Å². The van der Waals surface area contributed by atoms with Gasteiger partial charge in [0.15, 0.2) is 0 Å². The minimum absolute atomic E-state index is 0. The largest absolute Gasteiger partial charge is 0.481 e. The Morgan fingerprint density at radius 3 is 2.65 bits per heavy atom. The first-order valence-corrected chi connectivity index (χ1v) is 5.64. The van der Waals surface area contributed by atoms with Crippen molar-refractivity contribution in [3.8, 4) is 5.88 Å². The Morgan fingerprint density at radius 2 is 2.12 bits per heavy atom. The van der Waals surface area contributed by atoms with Crippen molar-refractivity contribution >= 4 is 12.4 Å². The van der Waals surface area contributed by atoms with Crippen molar-refractivity contribution in [2.45, 2.75) is 18.9 Å². The summed E-state index contributed by atoms with van der Waals surface area (Å²) < 4.78 is 10.4. The van der Waals surface area contributed by atoms with Crippen molar-refractivity contribution < 1.29 is 9.47 Å². The third kappa shape index (κ3) is 3.56. The molecule has 0 aromatic carbocycles. The number of methoxy groups -OCH3 is 1. The molecule has 0 amide bonds. The quantitative estimate of drug-likeness (QED) is 0.900. The van der Waals surface area contributed by atoms with Gasteiger partial charge in [0.1, 0.15) is 0 Å². The SMILES string of the molecule is COc1ccc([C@@H](N)C2CCOCC2)cn1.Cl. The lowest BCUT2D eigenvalue weighted by Crippen LogP contribution is -2.27. The number of hydrogen-bond donors (Lipinski definition) is 1. The molecule has 0 saturated carbocycles. The average molecular weight is 259 g/mol. The van der Waals surface area contributed by atoms with Gasteiger partial charge in [-0.05, 0) is 24.3 Å². The molecule has 0 radical (unpaired) electrons. The number of nitrogens with two attached hydrogens (primary N) is 1. The van der Waals surface area contributed by atoms with Crippen LogP contribution in [0.15, 0.2) is 18.3 Å². The zero-order chi connectivity index (χ0) is 11.4. The van der Waals surface area contributed by atoms with Gasteiger partial charge in [0.2, 0.25) is 5.88 Å². The van der Waals surface area contributed by atoms with Crippen LogP contribution >= 0.6 is 12.4 Å². The molecule has 5 heteroatoms. The van der Waals surface area contributed by atoms with Crippen LogP contribution in [0.3, 0.4) is 0 Å². The summed E-state index contributed by atoms with van der Waals surface area (Å²) in [6, 6.07) is 3.91. The van der Waals surface area contributed by atoms with Gasteiger partial charge < -0.3 is 15.2 Å². The number of nitrogens with zero attached hydrogens (tertiary/aromatic N) is 1. The van der Waals surface area contributed by atoms with Crippen LogP contribution in [0.25, 0.3) is 0 Å². The normalized spacial score (nSPS) is 18.2. The highest BCUT2D eigenvalue weighted by Gasteiger charge is 2.22. The molecule has 96 valence electrons. The number of halogens is 1. The molecule has 1 atom stereocenters. The molecule has 2 N–H and O–H groups in total. The molecule has 0 aliphatic carbocycles. The molecule has 17 heavy (non-hydrogen) atoms. The predicted octanol–water partition coefficient (Wildman–Crippen LogP) is 1.94. The molecule has 1 aromatic rings. The first kappa shape index (κ1) is 14.2. The number of hydrogen-bond acceptors (Lipinski definition) is 4. The van der Waals surface area contributed by atoms with E-state index in [1.54, 1.807) is 13.3 Å². The van der Waals surface area contributed by atoms with E-state index >= 15 is 0 Å². The number of pyridine rings is 1. The number of aromatic nitrogens is 1. The molecule has 1 aliphatic heterocycles. The van der Waals surface area contributed by atoms with E-state index in [9.17, 15) is 0 Å². The van der Waals surface area contributed by atoms with Crippen molar-refractivity contribution in [1.82, 2.24) is 4.98 Å². The van der Waals surface area contributed by atoms with E-state index in [1.807, 2.05) is 12.1 Å². The summed E-state index contributed by atoms with van der Waals surface area (Å²) in [7, 11) is 1.61. The zero-order valence-corrected chi connectivity index (χ0v) is 10.8. The molecule has 1 aliphatic rings. The Hall–Kier alpha value is -0.840. The van der Waals surface area contributed by atoms with Gasteiger partial charge in [0.25, 0.3) is 0 Å². The maximum Gasteiger partial charge on any atom is 0.212 e. The van der Waals surface area contributed by atoms with Crippen molar-refractivity contribution in [2.24, 2.45) is 11.7 Å². The van der Waals surface area contributed by atoms with Crippen LogP contribution < -0.4 is 10.5 Å². The third-order valence-electron chi connectivity index (χ3n) is 3.13. The van der Waals surface area contributed by atoms with Gasteiger partial charge in [-0.25, -0.2) is 4.98 Å². The van der Waals surface area contributed by atoms with E-state index in [0.717, 1.165) is 31.6 Å². The zero-order valence-electron chi connectivity index (χ0n) is 9.96. The minimum Gasteiger partial charge on any atom is -0.481 e. The Balaban J connectivity index is 0.00000144. The molecule has 2 rings (SSSR count). The van der Waals surface area contributed by atoms with Gasteiger partial charge in [-0.15, -0.1) is 12.4 Å². The standard InChI is InChI=1S/C12H18N2O2.ClH/c1-15-11-3-2-10(8-14-11)12(13)9-4-6-16-7-5-9;/h2-3,8-9,12H,4-7,13H2,1H3;1H/t12-;/m0./s1. The monoisotopic (exact) mass is 258 g/mol. The second-order valence-electron chi connectivity index (χ2n) is 4.11. The minimum atomic E-state index is 0. The van der Waals surface area contributed by atoms with Crippen LogP contribution in [0, 0.1) is 5.92 Å². The number of ether oxygens (including phenoxy) is 2. The van der Waals surface area contributed by atoms with Crippen molar-refractivity contribution in [3.05, 3.63) is 23.9 Å². The summed E-state index contributed by atoms with van der Waals surface area (Å²) in [5.41, 5.74) is 7.30. The van der Waals surface area contributed by atoms with Gasteiger partial charge in [0, 0.05) is 31.5 Å². The molecule has 0 unspecified atom stereocenters. The third-order valence-corrected chi connectivity index (χ3v) is 3.13. The first-order chi connectivity index (χ1) is 7.81. The van der Waals surface area contributed by atoms with Crippen molar-refractivity contribution in [2.75, 3.05) is 20.3 Å². The van der Waals surface area contributed by atoms with Gasteiger partial charge in [-0.2, -0.15) is 0 Å². The summed E-state index contributed by atoms with van der Waals surface area (Å²) in [6.45, 7) is 1.64. The lowest BCUT2D eigenvalue weighted by molar-refractivity contribution is 0.0583. The molecule has 0 spiro atoms. The maximum absolute atomic E-state index is 6.22. The van der Waals surface area contributed by atoms with Crippen molar-refractivity contribution in [1.29, 1.82) is 0 Å². The highest BCUT2D eigenvalue weighted by Crippen LogP contribution is 2.28. The molecule has 4 nitrogen and oxygen atoms in total. The van der Waals surface area contributed by atoms with Gasteiger partial charge in [0.05, 0.1) is 7.11 Å². The Kier molecular flexibility index (Phi) is 5.68.